The third-order valence-corrected chi connectivity index (χ3v) is 5.47. The van der Waals surface area contributed by atoms with Crippen LogP contribution in [0.3, 0.4) is 0 Å². The predicted molar refractivity (Wildman–Crippen MR) is 133 cm³/mol. The highest BCUT2D eigenvalue weighted by molar-refractivity contribution is 5.93. The minimum absolute atomic E-state index is 0.0912. The van der Waals surface area contributed by atoms with E-state index in [1.54, 1.807) is 0 Å². The number of rotatable bonds is 15. The molecule has 0 aliphatic carbocycles. The van der Waals surface area contributed by atoms with Crippen molar-refractivity contribution in [1.82, 2.24) is 26.6 Å². The highest BCUT2D eigenvalue weighted by Gasteiger charge is 2.28. The number of nitrogens with two attached hydrogens (primary N) is 2. The van der Waals surface area contributed by atoms with E-state index in [0.717, 1.165) is 13.0 Å². The first-order valence-corrected chi connectivity index (χ1v) is 12.1. The van der Waals surface area contributed by atoms with Crippen LogP contribution in [0, 0.1) is 5.92 Å². The normalized spacial score (nSPS) is 17.4. The number of hydrogen-bond donors (Lipinski definition) is 8. The second-order valence-electron chi connectivity index (χ2n) is 9.19. The van der Waals surface area contributed by atoms with Crippen molar-refractivity contribution in [3.05, 3.63) is 0 Å². The quantitative estimate of drug-likeness (QED) is 0.0658. The zero-order chi connectivity index (χ0) is 27.3. The van der Waals surface area contributed by atoms with Gasteiger partial charge in [0.25, 0.3) is 0 Å². The van der Waals surface area contributed by atoms with Gasteiger partial charge in [-0.3, -0.25) is 24.2 Å². The number of hydrogen-bond acceptors (Lipinski definition) is 7. The molecule has 1 aliphatic heterocycles. The van der Waals surface area contributed by atoms with E-state index >= 15 is 0 Å². The third kappa shape index (κ3) is 11.8. The van der Waals surface area contributed by atoms with Crippen LogP contribution in [0.5, 0.6) is 0 Å². The van der Waals surface area contributed by atoms with Crippen molar-refractivity contribution in [2.75, 3.05) is 19.6 Å². The molecule has 4 atom stereocenters. The SMILES string of the molecule is CC(C)C[C@H](NC(=O)[C@@H]1CCCN1)C(=O)NCC(=O)N[C@@H](C)C(=O)N[C@H](CCCN=C(N)N)C(=O)O. The number of aliphatic carboxylic acids is 1. The van der Waals surface area contributed by atoms with E-state index < -0.39 is 48.4 Å². The molecular formula is C22H40N8O6. The minimum Gasteiger partial charge on any atom is -0.480 e. The molecule has 0 radical (unpaired) electrons. The lowest BCUT2D eigenvalue weighted by molar-refractivity contribution is -0.142. The van der Waals surface area contributed by atoms with Gasteiger partial charge < -0.3 is 43.2 Å². The lowest BCUT2D eigenvalue weighted by Gasteiger charge is -2.22. The molecule has 0 unspecified atom stereocenters. The van der Waals surface area contributed by atoms with Gasteiger partial charge in [0.1, 0.15) is 18.1 Å². The molecule has 1 aliphatic rings. The standard InChI is InChI=1S/C22H40N8O6/c1-12(2)10-16(30-20(34)14-6-4-8-25-14)19(33)27-11-17(31)28-13(3)18(32)29-15(21(35)36)7-5-9-26-22(23)24/h12-16,25H,4-11H2,1-3H3,(H,27,33)(H,28,31)(H,29,32)(H,30,34)(H,35,36)(H4,23,24,26)/t13-,14-,15+,16-/m0/s1. The summed E-state index contributed by atoms with van der Waals surface area (Å²) in [5.41, 5.74) is 10.4. The summed E-state index contributed by atoms with van der Waals surface area (Å²) in [7, 11) is 0. The van der Waals surface area contributed by atoms with Crippen LogP contribution in [0.2, 0.25) is 0 Å². The third-order valence-electron chi connectivity index (χ3n) is 5.47. The summed E-state index contributed by atoms with van der Waals surface area (Å²) >= 11 is 0. The molecule has 0 aromatic carbocycles. The van der Waals surface area contributed by atoms with Gasteiger partial charge in [0.05, 0.1) is 12.6 Å². The number of carboxylic acid groups (broad SMARTS) is 1. The number of carbonyl (C=O) groups is 5. The molecule has 0 aromatic rings. The van der Waals surface area contributed by atoms with Crippen molar-refractivity contribution in [3.63, 3.8) is 0 Å². The summed E-state index contributed by atoms with van der Waals surface area (Å²) < 4.78 is 0. The van der Waals surface area contributed by atoms with E-state index in [-0.39, 0.29) is 36.8 Å². The molecule has 36 heavy (non-hydrogen) atoms. The summed E-state index contributed by atoms with van der Waals surface area (Å²) in [6, 6.07) is -3.37. The molecule has 0 bridgehead atoms. The Balaban J connectivity index is 2.53. The summed E-state index contributed by atoms with van der Waals surface area (Å²) in [6.45, 7) is 5.77. The zero-order valence-corrected chi connectivity index (χ0v) is 21.1. The summed E-state index contributed by atoms with van der Waals surface area (Å²) in [5.74, 6) is -3.32. The van der Waals surface area contributed by atoms with Crippen LogP contribution in [0.15, 0.2) is 4.99 Å². The number of nitrogens with zero attached hydrogens (tertiary/aromatic N) is 1. The van der Waals surface area contributed by atoms with Crippen molar-refractivity contribution >= 4 is 35.6 Å². The number of amides is 4. The number of carboxylic acids is 1. The van der Waals surface area contributed by atoms with Crippen molar-refractivity contribution in [3.8, 4) is 0 Å². The van der Waals surface area contributed by atoms with E-state index in [1.165, 1.54) is 6.92 Å². The molecule has 14 nitrogen and oxygen atoms in total. The van der Waals surface area contributed by atoms with Crippen molar-refractivity contribution < 1.29 is 29.1 Å². The van der Waals surface area contributed by atoms with Crippen LogP contribution in [0.25, 0.3) is 0 Å². The maximum atomic E-state index is 12.6. The fraction of sp³-hybridized carbons (Fsp3) is 0.727. The van der Waals surface area contributed by atoms with Gasteiger partial charge in [-0.25, -0.2) is 4.79 Å². The minimum atomic E-state index is -1.23. The van der Waals surface area contributed by atoms with Crippen LogP contribution >= 0.6 is 0 Å². The molecule has 1 fully saturated rings. The van der Waals surface area contributed by atoms with Gasteiger partial charge in [0.2, 0.25) is 23.6 Å². The number of nitrogens with one attached hydrogen (secondary N) is 5. The lowest BCUT2D eigenvalue weighted by atomic mass is 10.0. The summed E-state index contributed by atoms with van der Waals surface area (Å²) in [6.07, 6.45) is 2.39. The molecule has 14 heteroatoms. The predicted octanol–water partition coefficient (Wildman–Crippen LogP) is -2.49. The Morgan fingerprint density at radius 3 is 2.28 bits per heavy atom. The first-order valence-electron chi connectivity index (χ1n) is 12.1. The highest BCUT2D eigenvalue weighted by atomic mass is 16.4. The van der Waals surface area contributed by atoms with Crippen LogP contribution in [0.4, 0.5) is 0 Å². The van der Waals surface area contributed by atoms with Crippen molar-refractivity contribution in [2.45, 2.75) is 77.0 Å². The first-order chi connectivity index (χ1) is 16.9. The Kier molecular flexibility index (Phi) is 13.2. The van der Waals surface area contributed by atoms with Crippen LogP contribution < -0.4 is 38.1 Å². The Bertz CT molecular complexity index is 808. The topological polar surface area (TPSA) is 230 Å². The maximum absolute atomic E-state index is 12.6. The van der Waals surface area contributed by atoms with Crippen LogP contribution in [-0.2, 0) is 24.0 Å². The maximum Gasteiger partial charge on any atom is 0.326 e. The molecule has 1 heterocycles. The molecule has 1 saturated heterocycles. The van der Waals surface area contributed by atoms with Gasteiger partial charge >= 0.3 is 5.97 Å². The Morgan fingerprint density at radius 1 is 1.03 bits per heavy atom. The summed E-state index contributed by atoms with van der Waals surface area (Å²) in [4.78, 5) is 64.9. The summed E-state index contributed by atoms with van der Waals surface area (Å²) in [5, 5.41) is 22.4. The monoisotopic (exact) mass is 512 g/mol. The second kappa shape index (κ2) is 15.5. The first kappa shape index (κ1) is 30.6. The second-order valence-corrected chi connectivity index (χ2v) is 9.19. The number of aliphatic imine (C=N–C) groups is 1. The van der Waals surface area contributed by atoms with E-state index in [1.807, 2.05) is 13.8 Å². The molecule has 1 rings (SSSR count). The van der Waals surface area contributed by atoms with Crippen LogP contribution in [0.1, 0.15) is 52.9 Å². The van der Waals surface area contributed by atoms with Crippen molar-refractivity contribution in [2.24, 2.45) is 22.4 Å². The molecular weight excluding hydrogens is 472 g/mol. The molecule has 0 saturated carbocycles. The lowest BCUT2D eigenvalue weighted by Crippen LogP contribution is -2.54. The fourth-order valence-corrected chi connectivity index (χ4v) is 3.59. The molecule has 204 valence electrons. The molecule has 0 spiro atoms. The molecule has 10 N–H and O–H groups in total. The Hall–Kier alpha value is -3.42. The van der Waals surface area contributed by atoms with Crippen LogP contribution in [-0.4, -0.2) is 84.5 Å². The smallest absolute Gasteiger partial charge is 0.326 e. The van der Waals surface area contributed by atoms with E-state index in [2.05, 4.69) is 31.6 Å². The number of guanidine groups is 1. The van der Waals surface area contributed by atoms with E-state index in [4.69, 9.17) is 11.5 Å². The van der Waals surface area contributed by atoms with E-state index in [0.29, 0.717) is 19.3 Å². The molecule has 0 aromatic heterocycles. The largest absolute Gasteiger partial charge is 0.480 e. The highest BCUT2D eigenvalue weighted by Crippen LogP contribution is 2.09. The average molecular weight is 513 g/mol. The Labute approximate surface area is 210 Å². The Morgan fingerprint density at radius 2 is 1.72 bits per heavy atom. The zero-order valence-electron chi connectivity index (χ0n) is 21.1. The van der Waals surface area contributed by atoms with E-state index in [9.17, 15) is 29.1 Å². The van der Waals surface area contributed by atoms with Gasteiger partial charge in [0.15, 0.2) is 5.96 Å². The van der Waals surface area contributed by atoms with Gasteiger partial charge in [-0.2, -0.15) is 0 Å². The number of carbonyl (C=O) groups excluding carboxylic acids is 4. The fourth-order valence-electron chi connectivity index (χ4n) is 3.59. The van der Waals surface area contributed by atoms with Crippen molar-refractivity contribution in [1.29, 1.82) is 0 Å². The molecule has 4 amide bonds. The van der Waals surface area contributed by atoms with Gasteiger partial charge in [-0.05, 0) is 51.5 Å². The van der Waals surface area contributed by atoms with Gasteiger partial charge in [-0.1, -0.05) is 13.8 Å². The van der Waals surface area contributed by atoms with Gasteiger partial charge in [-0.15, -0.1) is 0 Å². The van der Waals surface area contributed by atoms with Gasteiger partial charge in [0, 0.05) is 6.54 Å². The average Bonchev–Trinajstić information content (AvgIpc) is 3.33.